The topological polar surface area (TPSA) is 132 Å². The first-order valence-corrected chi connectivity index (χ1v) is 8.08. The number of hydrogen-bond acceptors (Lipinski definition) is 6. The van der Waals surface area contributed by atoms with Crippen LogP contribution in [0.3, 0.4) is 0 Å². The van der Waals surface area contributed by atoms with Gasteiger partial charge in [0.15, 0.2) is 0 Å². The lowest BCUT2D eigenvalue weighted by atomic mass is 10.2. The number of benzene rings is 1. The molecule has 8 nitrogen and oxygen atoms in total. The van der Waals surface area contributed by atoms with Gasteiger partial charge in [0, 0.05) is 24.4 Å². The molecule has 0 unspecified atom stereocenters. The summed E-state index contributed by atoms with van der Waals surface area (Å²) >= 11 is 0.998. The number of rotatable bonds is 6. The highest BCUT2D eigenvalue weighted by molar-refractivity contribution is 8.00. The highest BCUT2D eigenvalue weighted by Gasteiger charge is 2.18. The van der Waals surface area contributed by atoms with E-state index in [1.807, 2.05) is 0 Å². The Kier molecular flexibility index (Phi) is 5.48. The van der Waals surface area contributed by atoms with Gasteiger partial charge < -0.3 is 5.32 Å². The minimum absolute atomic E-state index is 0.0962. The number of nitro benzene ring substituents is 1. The predicted octanol–water partition coefficient (Wildman–Crippen LogP) is 0.335. The molecule has 10 heteroatoms. The lowest BCUT2D eigenvalue weighted by Crippen LogP contribution is -2.18. The van der Waals surface area contributed by atoms with E-state index in [9.17, 15) is 23.3 Å². The van der Waals surface area contributed by atoms with Gasteiger partial charge in [-0.15, -0.1) is 11.8 Å². The molecular formula is C10H13N3O5S2. The fourth-order valence-corrected chi connectivity index (χ4v) is 3.26. The van der Waals surface area contributed by atoms with Crippen molar-refractivity contribution >= 4 is 33.4 Å². The number of nitrogens with zero attached hydrogens (tertiary/aromatic N) is 1. The number of thioether (sulfide) groups is 1. The zero-order valence-corrected chi connectivity index (χ0v) is 12.2. The van der Waals surface area contributed by atoms with E-state index in [0.717, 1.165) is 17.8 Å². The molecule has 20 heavy (non-hydrogen) atoms. The molecule has 0 spiro atoms. The van der Waals surface area contributed by atoms with Crippen LogP contribution >= 0.6 is 11.8 Å². The smallest absolute Gasteiger partial charge is 0.283 e. The van der Waals surface area contributed by atoms with Crippen LogP contribution in [0, 0.1) is 10.1 Å². The number of carbonyl (C=O) groups excluding carboxylic acids is 1. The number of nitro groups is 1. The summed E-state index contributed by atoms with van der Waals surface area (Å²) in [7, 11) is -2.19. The molecule has 3 N–H and O–H groups in total. The van der Waals surface area contributed by atoms with Gasteiger partial charge in [0.05, 0.1) is 15.6 Å². The second-order valence-electron chi connectivity index (χ2n) is 3.73. The van der Waals surface area contributed by atoms with Crippen molar-refractivity contribution in [2.75, 3.05) is 18.6 Å². The van der Waals surface area contributed by atoms with E-state index < -0.39 is 20.9 Å². The van der Waals surface area contributed by atoms with E-state index in [2.05, 4.69) is 5.32 Å². The van der Waals surface area contributed by atoms with Crippen molar-refractivity contribution in [3.05, 3.63) is 33.9 Å². The summed E-state index contributed by atoms with van der Waals surface area (Å²) < 4.78 is 21.6. The molecule has 0 heterocycles. The summed E-state index contributed by atoms with van der Waals surface area (Å²) in [5.74, 6) is -0.625. The van der Waals surface area contributed by atoms with Gasteiger partial charge in [-0.3, -0.25) is 14.9 Å². The van der Waals surface area contributed by atoms with Crippen LogP contribution in [0.4, 0.5) is 5.69 Å². The molecule has 0 aliphatic rings. The average molecular weight is 319 g/mol. The zero-order chi connectivity index (χ0) is 15.3. The minimum atomic E-state index is -3.61. The number of sulfonamides is 1. The van der Waals surface area contributed by atoms with Gasteiger partial charge in [-0.25, -0.2) is 13.6 Å². The first-order valence-electron chi connectivity index (χ1n) is 5.38. The summed E-state index contributed by atoms with van der Waals surface area (Å²) in [4.78, 5) is 22.0. The molecule has 1 aromatic rings. The molecule has 0 saturated carbocycles. The molecule has 110 valence electrons. The van der Waals surface area contributed by atoms with E-state index in [-0.39, 0.29) is 27.7 Å². The average Bonchev–Trinajstić information content (AvgIpc) is 2.36. The molecule has 1 amide bonds. The number of nitrogens with one attached hydrogen (secondary N) is 1. The summed E-state index contributed by atoms with van der Waals surface area (Å²) in [5, 5.41) is 18.2. The van der Waals surface area contributed by atoms with E-state index in [4.69, 9.17) is 5.14 Å². The van der Waals surface area contributed by atoms with Crippen LogP contribution < -0.4 is 10.5 Å². The van der Waals surface area contributed by atoms with Crippen LogP contribution in [0.25, 0.3) is 0 Å². The van der Waals surface area contributed by atoms with Crippen molar-refractivity contribution in [1.29, 1.82) is 0 Å². The Labute approximate surface area is 119 Å². The number of amides is 1. The zero-order valence-electron chi connectivity index (χ0n) is 10.5. The Morgan fingerprint density at radius 1 is 1.50 bits per heavy atom. The second kappa shape index (κ2) is 6.68. The van der Waals surface area contributed by atoms with Crippen molar-refractivity contribution in [3.8, 4) is 0 Å². The highest BCUT2D eigenvalue weighted by Crippen LogP contribution is 2.30. The Bertz CT molecular complexity index is 630. The Morgan fingerprint density at radius 2 is 2.15 bits per heavy atom. The largest absolute Gasteiger partial charge is 0.355 e. The van der Waals surface area contributed by atoms with E-state index in [1.165, 1.54) is 19.2 Å². The van der Waals surface area contributed by atoms with Crippen molar-refractivity contribution in [2.45, 2.75) is 4.90 Å². The van der Waals surface area contributed by atoms with Gasteiger partial charge in [0.1, 0.15) is 0 Å². The third-order valence-electron chi connectivity index (χ3n) is 2.27. The molecule has 0 fully saturated rings. The highest BCUT2D eigenvalue weighted by atomic mass is 32.2. The van der Waals surface area contributed by atoms with Gasteiger partial charge in [-0.2, -0.15) is 0 Å². The SMILES string of the molecule is CNC(=O)c1ccc(SCCS(N)(=O)=O)c([N+](=O)[O-])c1. The lowest BCUT2D eigenvalue weighted by molar-refractivity contribution is -0.387. The van der Waals surface area contributed by atoms with Gasteiger partial charge in [-0.1, -0.05) is 0 Å². The van der Waals surface area contributed by atoms with Gasteiger partial charge in [-0.05, 0) is 12.1 Å². The predicted molar refractivity (Wildman–Crippen MR) is 75.2 cm³/mol. The van der Waals surface area contributed by atoms with Crippen molar-refractivity contribution in [2.24, 2.45) is 5.14 Å². The van der Waals surface area contributed by atoms with E-state index >= 15 is 0 Å². The molecular weight excluding hydrogens is 306 g/mol. The van der Waals surface area contributed by atoms with E-state index in [0.29, 0.717) is 0 Å². The summed E-state index contributed by atoms with van der Waals surface area (Å²) in [6.45, 7) is 0. The minimum Gasteiger partial charge on any atom is -0.355 e. The first-order chi connectivity index (χ1) is 9.24. The maximum absolute atomic E-state index is 11.4. The first kappa shape index (κ1) is 16.4. The Balaban J connectivity index is 2.96. The van der Waals surface area contributed by atoms with Crippen molar-refractivity contribution in [1.82, 2.24) is 5.32 Å². The maximum Gasteiger partial charge on any atom is 0.283 e. The molecule has 0 radical (unpaired) electrons. The van der Waals surface area contributed by atoms with Crippen LogP contribution in [-0.4, -0.2) is 37.8 Å². The Morgan fingerprint density at radius 3 is 2.65 bits per heavy atom. The van der Waals surface area contributed by atoms with Crippen LogP contribution in [0.2, 0.25) is 0 Å². The Hall–Kier alpha value is -1.65. The second-order valence-corrected chi connectivity index (χ2v) is 6.60. The van der Waals surface area contributed by atoms with Gasteiger partial charge >= 0.3 is 0 Å². The van der Waals surface area contributed by atoms with Crippen LogP contribution in [0.1, 0.15) is 10.4 Å². The number of carbonyl (C=O) groups is 1. The molecule has 0 saturated heterocycles. The molecule has 0 aliphatic heterocycles. The van der Waals surface area contributed by atoms with Gasteiger partial charge in [0.25, 0.3) is 11.6 Å². The third-order valence-corrected chi connectivity index (χ3v) is 4.37. The van der Waals surface area contributed by atoms with E-state index in [1.54, 1.807) is 0 Å². The number of nitrogens with two attached hydrogens (primary N) is 1. The quantitative estimate of drug-likeness (QED) is 0.441. The standard InChI is InChI=1S/C10H13N3O5S2/c1-12-10(14)7-2-3-9(8(6-7)13(15)16)19-4-5-20(11,17)18/h2-3,6H,4-5H2,1H3,(H,12,14)(H2,11,17,18). The van der Waals surface area contributed by atoms with Crippen molar-refractivity contribution < 1.29 is 18.1 Å². The maximum atomic E-state index is 11.4. The molecule has 0 aromatic heterocycles. The molecule has 0 atom stereocenters. The summed E-state index contributed by atoms with van der Waals surface area (Å²) in [5.41, 5.74) is -0.0829. The van der Waals surface area contributed by atoms with Crippen LogP contribution in [0.5, 0.6) is 0 Å². The number of primary sulfonamides is 1. The van der Waals surface area contributed by atoms with Crippen LogP contribution in [-0.2, 0) is 10.0 Å². The fourth-order valence-electron chi connectivity index (χ4n) is 1.34. The number of hydrogen-bond donors (Lipinski definition) is 2. The molecule has 0 bridgehead atoms. The van der Waals surface area contributed by atoms with Crippen molar-refractivity contribution in [3.63, 3.8) is 0 Å². The summed E-state index contributed by atoms with van der Waals surface area (Å²) in [6.07, 6.45) is 0. The fraction of sp³-hybridized carbons (Fsp3) is 0.300. The summed E-state index contributed by atoms with van der Waals surface area (Å²) in [6, 6.07) is 4.00. The monoisotopic (exact) mass is 319 g/mol. The molecule has 1 aromatic carbocycles. The third kappa shape index (κ3) is 4.79. The lowest BCUT2D eigenvalue weighted by Gasteiger charge is -2.05. The molecule has 1 rings (SSSR count). The molecule has 0 aliphatic carbocycles. The van der Waals surface area contributed by atoms with Crippen LogP contribution in [0.15, 0.2) is 23.1 Å². The van der Waals surface area contributed by atoms with Gasteiger partial charge in [0.2, 0.25) is 10.0 Å². The normalized spacial score (nSPS) is 11.1.